The zero-order chi connectivity index (χ0) is 15.0. The standard InChI is InChI=1S/C13H15N5OS2/c1-4-9-5-11(19)18-12(15-9)21-13(16-18)17(3)6-10-14-8(2)7-20-10/h5,7H,4,6H2,1-3H3. The maximum absolute atomic E-state index is 12.0. The normalized spacial score (nSPS) is 11.2. The lowest BCUT2D eigenvalue weighted by molar-refractivity contribution is 0.832. The molecule has 3 rings (SSSR count). The van der Waals surface area contributed by atoms with Crippen LogP contribution in [-0.4, -0.2) is 26.6 Å². The first-order chi connectivity index (χ1) is 10.1. The van der Waals surface area contributed by atoms with Crippen LogP contribution in [0.25, 0.3) is 4.96 Å². The maximum Gasteiger partial charge on any atom is 0.275 e. The third-order valence-corrected chi connectivity index (χ3v) is 4.99. The van der Waals surface area contributed by atoms with Crippen molar-refractivity contribution in [2.45, 2.75) is 26.8 Å². The summed E-state index contributed by atoms with van der Waals surface area (Å²) >= 11 is 3.05. The zero-order valence-electron chi connectivity index (χ0n) is 12.0. The van der Waals surface area contributed by atoms with Crippen molar-refractivity contribution in [1.82, 2.24) is 19.6 Å². The highest BCUT2D eigenvalue weighted by molar-refractivity contribution is 7.20. The van der Waals surface area contributed by atoms with Gasteiger partial charge < -0.3 is 4.90 Å². The summed E-state index contributed by atoms with van der Waals surface area (Å²) in [7, 11) is 1.94. The average Bonchev–Trinajstić information content (AvgIpc) is 3.05. The van der Waals surface area contributed by atoms with E-state index in [-0.39, 0.29) is 5.56 Å². The van der Waals surface area contributed by atoms with E-state index in [1.54, 1.807) is 17.4 Å². The molecule has 0 radical (unpaired) electrons. The minimum atomic E-state index is -0.127. The topological polar surface area (TPSA) is 63.4 Å². The van der Waals surface area contributed by atoms with Crippen molar-refractivity contribution in [2.75, 3.05) is 11.9 Å². The second-order valence-electron chi connectivity index (χ2n) is 4.76. The second kappa shape index (κ2) is 5.53. The Hall–Kier alpha value is -1.80. The molecule has 110 valence electrons. The number of rotatable bonds is 4. The summed E-state index contributed by atoms with van der Waals surface area (Å²) in [6, 6.07) is 1.54. The van der Waals surface area contributed by atoms with Gasteiger partial charge >= 0.3 is 0 Å². The van der Waals surface area contributed by atoms with E-state index in [1.165, 1.54) is 15.9 Å². The van der Waals surface area contributed by atoms with E-state index in [0.717, 1.165) is 27.9 Å². The Bertz CT molecular complexity index is 835. The summed E-state index contributed by atoms with van der Waals surface area (Å²) < 4.78 is 1.36. The summed E-state index contributed by atoms with van der Waals surface area (Å²) in [6.07, 6.45) is 0.743. The molecule has 0 atom stereocenters. The van der Waals surface area contributed by atoms with Crippen molar-refractivity contribution >= 4 is 32.8 Å². The minimum Gasteiger partial charge on any atom is -0.343 e. The summed E-state index contributed by atoms with van der Waals surface area (Å²) in [5, 5.41) is 8.18. The van der Waals surface area contributed by atoms with Gasteiger partial charge in [0.1, 0.15) is 5.01 Å². The van der Waals surface area contributed by atoms with Gasteiger partial charge in [0.15, 0.2) is 0 Å². The SMILES string of the molecule is CCc1cc(=O)n2nc(N(C)Cc3nc(C)cs3)sc2n1. The van der Waals surface area contributed by atoms with Gasteiger partial charge in [0, 0.05) is 29.9 Å². The predicted molar refractivity (Wildman–Crippen MR) is 85.5 cm³/mol. The monoisotopic (exact) mass is 321 g/mol. The van der Waals surface area contributed by atoms with Crippen molar-refractivity contribution in [3.63, 3.8) is 0 Å². The van der Waals surface area contributed by atoms with Crippen LogP contribution < -0.4 is 10.5 Å². The first-order valence-electron chi connectivity index (χ1n) is 6.58. The van der Waals surface area contributed by atoms with Crippen LogP contribution in [0.3, 0.4) is 0 Å². The third kappa shape index (κ3) is 2.81. The molecular weight excluding hydrogens is 306 g/mol. The Morgan fingerprint density at radius 1 is 1.38 bits per heavy atom. The molecule has 0 unspecified atom stereocenters. The average molecular weight is 321 g/mol. The molecule has 8 heteroatoms. The molecule has 0 aromatic carbocycles. The Morgan fingerprint density at radius 3 is 2.86 bits per heavy atom. The number of fused-ring (bicyclic) bond motifs is 1. The predicted octanol–water partition coefficient (Wildman–Crippen LogP) is 2.11. The van der Waals surface area contributed by atoms with Crippen molar-refractivity contribution in [3.8, 4) is 0 Å². The van der Waals surface area contributed by atoms with Crippen LogP contribution in [0.1, 0.15) is 23.3 Å². The lowest BCUT2D eigenvalue weighted by atomic mass is 10.3. The number of anilines is 1. The number of aromatic nitrogens is 4. The van der Waals surface area contributed by atoms with Crippen molar-refractivity contribution < 1.29 is 0 Å². The first kappa shape index (κ1) is 14.2. The quantitative estimate of drug-likeness (QED) is 0.736. The van der Waals surface area contributed by atoms with Gasteiger partial charge in [0.05, 0.1) is 6.54 Å². The molecule has 3 aromatic rings. The van der Waals surface area contributed by atoms with Gasteiger partial charge in [-0.15, -0.1) is 16.4 Å². The lowest BCUT2D eigenvalue weighted by Crippen LogP contribution is -2.18. The molecule has 0 aliphatic rings. The molecule has 0 fully saturated rings. The first-order valence-corrected chi connectivity index (χ1v) is 8.28. The number of hydrogen-bond donors (Lipinski definition) is 0. The number of hydrogen-bond acceptors (Lipinski definition) is 7. The summed E-state index contributed by atoms with van der Waals surface area (Å²) in [5.74, 6) is 0. The number of aryl methyl sites for hydroxylation is 2. The molecule has 0 bridgehead atoms. The molecule has 0 spiro atoms. The molecule has 21 heavy (non-hydrogen) atoms. The summed E-state index contributed by atoms with van der Waals surface area (Å²) in [4.78, 5) is 23.5. The fraction of sp³-hybridized carbons (Fsp3) is 0.385. The van der Waals surface area contributed by atoms with Gasteiger partial charge in [0.25, 0.3) is 5.56 Å². The van der Waals surface area contributed by atoms with Crippen LogP contribution in [0.4, 0.5) is 5.13 Å². The van der Waals surface area contributed by atoms with Gasteiger partial charge in [-0.1, -0.05) is 18.3 Å². The number of thiazole rings is 1. The van der Waals surface area contributed by atoms with Gasteiger partial charge in [-0.2, -0.15) is 4.52 Å². The Balaban J connectivity index is 1.93. The smallest absolute Gasteiger partial charge is 0.275 e. The molecule has 0 aliphatic carbocycles. The highest BCUT2D eigenvalue weighted by atomic mass is 32.1. The minimum absolute atomic E-state index is 0.127. The molecule has 3 heterocycles. The van der Waals surface area contributed by atoms with Gasteiger partial charge in [-0.3, -0.25) is 4.79 Å². The molecule has 0 amide bonds. The molecule has 0 aliphatic heterocycles. The second-order valence-corrected chi connectivity index (χ2v) is 6.63. The van der Waals surface area contributed by atoms with Gasteiger partial charge in [-0.05, 0) is 13.3 Å². The molecule has 0 saturated carbocycles. The zero-order valence-corrected chi connectivity index (χ0v) is 13.7. The number of nitrogens with zero attached hydrogens (tertiary/aromatic N) is 5. The van der Waals surface area contributed by atoms with Crippen molar-refractivity contribution in [2.24, 2.45) is 0 Å². The molecule has 0 saturated heterocycles. The van der Waals surface area contributed by atoms with Crippen LogP contribution in [0.2, 0.25) is 0 Å². The van der Waals surface area contributed by atoms with E-state index in [9.17, 15) is 4.79 Å². The van der Waals surface area contributed by atoms with Crippen molar-refractivity contribution in [3.05, 3.63) is 38.2 Å². The lowest BCUT2D eigenvalue weighted by Gasteiger charge is -2.12. The Kier molecular flexibility index (Phi) is 3.73. The third-order valence-electron chi connectivity index (χ3n) is 3.02. The molecule has 3 aromatic heterocycles. The fourth-order valence-corrected chi connectivity index (χ4v) is 3.64. The highest BCUT2D eigenvalue weighted by Gasteiger charge is 2.13. The van der Waals surface area contributed by atoms with Gasteiger partial charge in [0.2, 0.25) is 10.1 Å². The Labute approximate surface area is 129 Å². The highest BCUT2D eigenvalue weighted by Crippen LogP contribution is 2.22. The maximum atomic E-state index is 12.0. The van der Waals surface area contributed by atoms with E-state index in [0.29, 0.717) is 11.5 Å². The fourth-order valence-electron chi connectivity index (χ4n) is 1.93. The molecule has 0 N–H and O–H groups in total. The van der Waals surface area contributed by atoms with E-state index in [1.807, 2.05) is 31.2 Å². The summed E-state index contributed by atoms with van der Waals surface area (Å²) in [6.45, 7) is 4.64. The largest absolute Gasteiger partial charge is 0.343 e. The molecule has 6 nitrogen and oxygen atoms in total. The van der Waals surface area contributed by atoms with Crippen LogP contribution in [0, 0.1) is 6.92 Å². The van der Waals surface area contributed by atoms with E-state index < -0.39 is 0 Å². The summed E-state index contributed by atoms with van der Waals surface area (Å²) in [5.41, 5.74) is 1.70. The Morgan fingerprint density at radius 2 is 2.19 bits per heavy atom. The van der Waals surface area contributed by atoms with Crippen LogP contribution in [-0.2, 0) is 13.0 Å². The van der Waals surface area contributed by atoms with Gasteiger partial charge in [-0.25, -0.2) is 9.97 Å². The van der Waals surface area contributed by atoms with Crippen molar-refractivity contribution in [1.29, 1.82) is 0 Å². The van der Waals surface area contributed by atoms with E-state index in [2.05, 4.69) is 15.1 Å². The van der Waals surface area contributed by atoms with Crippen LogP contribution >= 0.6 is 22.7 Å². The van der Waals surface area contributed by atoms with Crippen LogP contribution in [0.5, 0.6) is 0 Å². The van der Waals surface area contributed by atoms with E-state index >= 15 is 0 Å². The molecular formula is C13H15N5OS2. The van der Waals surface area contributed by atoms with Crippen LogP contribution in [0.15, 0.2) is 16.2 Å². The van der Waals surface area contributed by atoms with E-state index in [4.69, 9.17) is 0 Å².